The number of nitrogens with zero attached hydrogens (tertiary/aromatic N) is 1. The van der Waals surface area contributed by atoms with Gasteiger partial charge in [0.05, 0.1) is 0 Å². The first-order chi connectivity index (χ1) is 8.99. The first-order valence-corrected chi connectivity index (χ1v) is 7.24. The third-order valence-electron chi connectivity index (χ3n) is 4.54. The van der Waals surface area contributed by atoms with E-state index in [1.807, 2.05) is 12.1 Å². The molecule has 1 fully saturated rings. The zero-order valence-electron chi connectivity index (χ0n) is 12.2. The summed E-state index contributed by atoms with van der Waals surface area (Å²) >= 11 is 0. The first-order valence-electron chi connectivity index (χ1n) is 7.24. The summed E-state index contributed by atoms with van der Waals surface area (Å²) in [5, 5.41) is 0. The van der Waals surface area contributed by atoms with Gasteiger partial charge in [0.2, 0.25) is 0 Å². The minimum atomic E-state index is -0.102. The molecule has 2 nitrogen and oxygen atoms in total. The van der Waals surface area contributed by atoms with E-state index in [1.54, 1.807) is 13.0 Å². The molecule has 2 N–H and O–H groups in total. The topological polar surface area (TPSA) is 29.3 Å². The van der Waals surface area contributed by atoms with Gasteiger partial charge in [0, 0.05) is 12.1 Å². The van der Waals surface area contributed by atoms with E-state index >= 15 is 0 Å². The zero-order valence-corrected chi connectivity index (χ0v) is 12.2. The largest absolute Gasteiger partial charge is 0.328 e. The van der Waals surface area contributed by atoms with Crippen LogP contribution in [-0.2, 0) is 0 Å². The second-order valence-corrected chi connectivity index (χ2v) is 5.92. The van der Waals surface area contributed by atoms with Crippen LogP contribution >= 0.6 is 0 Å². The van der Waals surface area contributed by atoms with E-state index in [9.17, 15) is 4.39 Å². The van der Waals surface area contributed by atoms with Gasteiger partial charge in [-0.1, -0.05) is 12.1 Å². The average Bonchev–Trinajstić information content (AvgIpc) is 2.41. The molecular formula is C16H25FN2. The summed E-state index contributed by atoms with van der Waals surface area (Å²) in [6, 6.07) is 6.16. The maximum absolute atomic E-state index is 13.6. The minimum absolute atomic E-state index is 0.102. The van der Waals surface area contributed by atoms with E-state index in [0.29, 0.717) is 11.5 Å². The number of aryl methyl sites for hydroxylation is 1. The summed E-state index contributed by atoms with van der Waals surface area (Å²) in [6.45, 7) is 8.18. The molecule has 2 rings (SSSR count). The second kappa shape index (κ2) is 6.02. The van der Waals surface area contributed by atoms with Crippen molar-refractivity contribution in [3.63, 3.8) is 0 Å². The Morgan fingerprint density at radius 3 is 2.42 bits per heavy atom. The van der Waals surface area contributed by atoms with E-state index in [0.717, 1.165) is 31.5 Å². The molecule has 1 heterocycles. The summed E-state index contributed by atoms with van der Waals surface area (Å²) in [5.41, 5.74) is 7.75. The molecule has 2 unspecified atom stereocenters. The standard InChI is InChI=1S/C16H25FN2/c1-11-4-5-15(10-16(11)17)13(3)19-8-6-14(7-9-19)12(2)18/h4-5,10,12-14H,6-9,18H2,1-3H3. The van der Waals surface area contributed by atoms with Crippen LogP contribution in [0.4, 0.5) is 4.39 Å². The van der Waals surface area contributed by atoms with E-state index < -0.39 is 0 Å². The molecule has 0 saturated carbocycles. The van der Waals surface area contributed by atoms with E-state index in [2.05, 4.69) is 18.7 Å². The molecule has 1 aromatic carbocycles. The van der Waals surface area contributed by atoms with Gasteiger partial charge in [-0.15, -0.1) is 0 Å². The van der Waals surface area contributed by atoms with Gasteiger partial charge in [-0.3, -0.25) is 4.90 Å². The number of rotatable bonds is 3. The predicted octanol–water partition coefficient (Wildman–Crippen LogP) is 3.25. The lowest BCUT2D eigenvalue weighted by Crippen LogP contribution is -2.40. The van der Waals surface area contributed by atoms with Crippen molar-refractivity contribution in [2.45, 2.75) is 45.7 Å². The Morgan fingerprint density at radius 1 is 1.26 bits per heavy atom. The fourth-order valence-electron chi connectivity index (χ4n) is 2.91. The van der Waals surface area contributed by atoms with Crippen molar-refractivity contribution in [2.75, 3.05) is 13.1 Å². The summed E-state index contributed by atoms with van der Waals surface area (Å²) < 4.78 is 13.6. The lowest BCUT2D eigenvalue weighted by atomic mass is 9.89. The van der Waals surface area contributed by atoms with Gasteiger partial charge >= 0.3 is 0 Å². The maximum Gasteiger partial charge on any atom is 0.126 e. The molecule has 1 aliphatic heterocycles. The molecule has 0 spiro atoms. The summed E-state index contributed by atoms with van der Waals surface area (Å²) in [5.74, 6) is 0.535. The molecule has 0 bridgehead atoms. The van der Waals surface area contributed by atoms with Gasteiger partial charge in [0.25, 0.3) is 0 Å². The Labute approximate surface area is 115 Å². The van der Waals surface area contributed by atoms with Gasteiger partial charge in [-0.2, -0.15) is 0 Å². The Balaban J connectivity index is 2.01. The molecule has 1 aliphatic rings. The molecule has 3 heteroatoms. The molecule has 1 saturated heterocycles. The van der Waals surface area contributed by atoms with Gasteiger partial charge in [-0.25, -0.2) is 4.39 Å². The molecule has 0 aromatic heterocycles. The van der Waals surface area contributed by atoms with Crippen LogP contribution in [0.3, 0.4) is 0 Å². The van der Waals surface area contributed by atoms with Crippen LogP contribution in [0.5, 0.6) is 0 Å². The van der Waals surface area contributed by atoms with Crippen LogP contribution in [0, 0.1) is 18.7 Å². The Morgan fingerprint density at radius 2 is 1.89 bits per heavy atom. The van der Waals surface area contributed by atoms with Crippen LogP contribution < -0.4 is 5.73 Å². The normalized spacial score (nSPS) is 21.3. The number of halogens is 1. The third-order valence-corrected chi connectivity index (χ3v) is 4.54. The number of likely N-dealkylation sites (tertiary alicyclic amines) is 1. The maximum atomic E-state index is 13.6. The van der Waals surface area contributed by atoms with Crippen LogP contribution in [0.25, 0.3) is 0 Å². The fourth-order valence-corrected chi connectivity index (χ4v) is 2.91. The summed E-state index contributed by atoms with van der Waals surface area (Å²) in [4.78, 5) is 2.43. The Hall–Kier alpha value is -0.930. The van der Waals surface area contributed by atoms with Gasteiger partial charge < -0.3 is 5.73 Å². The molecule has 19 heavy (non-hydrogen) atoms. The van der Waals surface area contributed by atoms with Crippen molar-refractivity contribution >= 4 is 0 Å². The van der Waals surface area contributed by atoms with Crippen LogP contribution in [0.2, 0.25) is 0 Å². The van der Waals surface area contributed by atoms with E-state index in [-0.39, 0.29) is 17.9 Å². The minimum Gasteiger partial charge on any atom is -0.328 e. The fraction of sp³-hybridized carbons (Fsp3) is 0.625. The molecule has 0 aliphatic carbocycles. The van der Waals surface area contributed by atoms with Crippen molar-refractivity contribution in [2.24, 2.45) is 11.7 Å². The van der Waals surface area contributed by atoms with Gasteiger partial charge in [0.15, 0.2) is 0 Å². The van der Waals surface area contributed by atoms with Crippen LogP contribution in [0.1, 0.15) is 43.9 Å². The van der Waals surface area contributed by atoms with Gasteiger partial charge in [0.1, 0.15) is 5.82 Å². The second-order valence-electron chi connectivity index (χ2n) is 5.92. The highest BCUT2D eigenvalue weighted by molar-refractivity contribution is 5.25. The number of piperidine rings is 1. The lowest BCUT2D eigenvalue weighted by molar-refractivity contribution is 0.132. The zero-order chi connectivity index (χ0) is 14.0. The third kappa shape index (κ3) is 3.34. The number of benzene rings is 1. The van der Waals surface area contributed by atoms with Crippen LogP contribution in [-0.4, -0.2) is 24.0 Å². The van der Waals surface area contributed by atoms with Crippen molar-refractivity contribution in [1.82, 2.24) is 4.90 Å². The first kappa shape index (κ1) is 14.5. The van der Waals surface area contributed by atoms with Crippen molar-refractivity contribution in [1.29, 1.82) is 0 Å². The smallest absolute Gasteiger partial charge is 0.126 e. The van der Waals surface area contributed by atoms with E-state index in [4.69, 9.17) is 5.73 Å². The number of nitrogens with two attached hydrogens (primary N) is 1. The Kier molecular flexibility index (Phi) is 4.58. The Bertz CT molecular complexity index is 423. The highest BCUT2D eigenvalue weighted by Crippen LogP contribution is 2.28. The molecule has 106 valence electrons. The van der Waals surface area contributed by atoms with E-state index in [1.165, 1.54) is 0 Å². The molecular weight excluding hydrogens is 239 g/mol. The highest BCUT2D eigenvalue weighted by atomic mass is 19.1. The van der Waals surface area contributed by atoms with Crippen molar-refractivity contribution in [3.8, 4) is 0 Å². The molecule has 2 atom stereocenters. The number of hydrogen-bond acceptors (Lipinski definition) is 2. The summed E-state index contributed by atoms with van der Waals surface area (Å²) in [6.07, 6.45) is 2.30. The predicted molar refractivity (Wildman–Crippen MR) is 77.5 cm³/mol. The summed E-state index contributed by atoms with van der Waals surface area (Å²) in [7, 11) is 0. The van der Waals surface area contributed by atoms with Crippen LogP contribution in [0.15, 0.2) is 18.2 Å². The molecule has 1 aromatic rings. The highest BCUT2D eigenvalue weighted by Gasteiger charge is 2.25. The SMILES string of the molecule is Cc1ccc(C(C)N2CCC(C(C)N)CC2)cc1F. The molecule has 0 amide bonds. The monoisotopic (exact) mass is 264 g/mol. The van der Waals surface area contributed by atoms with Crippen molar-refractivity contribution in [3.05, 3.63) is 35.1 Å². The van der Waals surface area contributed by atoms with Gasteiger partial charge in [-0.05, 0) is 69.8 Å². The lowest BCUT2D eigenvalue weighted by Gasteiger charge is -2.37. The molecule has 0 radical (unpaired) electrons. The van der Waals surface area contributed by atoms with Crippen molar-refractivity contribution < 1.29 is 4.39 Å². The quantitative estimate of drug-likeness (QED) is 0.908. The number of hydrogen-bond donors (Lipinski definition) is 1. The average molecular weight is 264 g/mol.